The molecule has 1 fully saturated rings. The second kappa shape index (κ2) is 4.65. The van der Waals surface area contributed by atoms with Crippen LogP contribution in [0, 0.1) is 5.92 Å². The van der Waals surface area contributed by atoms with Gasteiger partial charge in [0.1, 0.15) is 6.54 Å². The van der Waals surface area contributed by atoms with Gasteiger partial charge >= 0.3 is 0 Å². The van der Waals surface area contributed by atoms with Gasteiger partial charge < -0.3 is 9.84 Å². The molecule has 0 saturated carbocycles. The first-order chi connectivity index (χ1) is 7.25. The molecule has 1 N–H and O–H groups in total. The lowest BCUT2D eigenvalue weighted by Gasteiger charge is -2.28. The molecule has 0 spiro atoms. The van der Waals surface area contributed by atoms with Crippen molar-refractivity contribution in [2.24, 2.45) is 10.9 Å². The smallest absolute Gasteiger partial charge is 0.213 e. The molecule has 1 aromatic rings. The Morgan fingerprint density at radius 3 is 3.20 bits per heavy atom. The first-order valence-electron chi connectivity index (χ1n) is 4.94. The first-order valence-corrected chi connectivity index (χ1v) is 5.93. The molecule has 5 nitrogen and oxygen atoms in total. The SMILES string of the molecule is CC1CSC(=NCc2ncon2)NC1C. The molecule has 6 heteroatoms. The summed E-state index contributed by atoms with van der Waals surface area (Å²) in [5, 5.41) is 8.04. The van der Waals surface area contributed by atoms with E-state index in [0.29, 0.717) is 24.3 Å². The first kappa shape index (κ1) is 10.5. The predicted octanol–water partition coefficient (Wildman–Crippen LogP) is 1.29. The Bertz CT molecular complexity index is 338. The average molecular weight is 226 g/mol. The minimum absolute atomic E-state index is 0.479. The molecule has 0 radical (unpaired) electrons. The van der Waals surface area contributed by atoms with E-state index in [2.05, 4.69) is 38.8 Å². The van der Waals surface area contributed by atoms with Crippen LogP contribution in [0.15, 0.2) is 15.9 Å². The van der Waals surface area contributed by atoms with Crippen molar-refractivity contribution in [3.8, 4) is 0 Å². The van der Waals surface area contributed by atoms with Crippen molar-refractivity contribution in [2.75, 3.05) is 5.75 Å². The molecule has 2 atom stereocenters. The van der Waals surface area contributed by atoms with E-state index in [1.807, 2.05) is 0 Å². The van der Waals surface area contributed by atoms with Gasteiger partial charge in [0, 0.05) is 11.8 Å². The quantitative estimate of drug-likeness (QED) is 0.823. The fourth-order valence-corrected chi connectivity index (χ4v) is 2.36. The normalized spacial score (nSPS) is 29.1. The highest BCUT2D eigenvalue weighted by Gasteiger charge is 2.20. The summed E-state index contributed by atoms with van der Waals surface area (Å²) >= 11 is 1.75. The van der Waals surface area contributed by atoms with E-state index in [1.54, 1.807) is 11.8 Å². The van der Waals surface area contributed by atoms with E-state index >= 15 is 0 Å². The number of aromatic nitrogens is 2. The number of nitrogens with zero attached hydrogens (tertiary/aromatic N) is 3. The molecule has 15 heavy (non-hydrogen) atoms. The van der Waals surface area contributed by atoms with Crippen LogP contribution in [-0.2, 0) is 6.54 Å². The fraction of sp³-hybridized carbons (Fsp3) is 0.667. The van der Waals surface area contributed by atoms with Gasteiger partial charge in [-0.3, -0.25) is 4.99 Å². The standard InChI is InChI=1S/C9H14N4OS/c1-6-4-15-9(12-7(6)2)10-3-8-11-5-14-13-8/h5-7H,3-4H2,1-2H3,(H,10,12). The monoisotopic (exact) mass is 226 g/mol. The molecular formula is C9H14N4OS. The van der Waals surface area contributed by atoms with E-state index in [1.165, 1.54) is 6.39 Å². The third-order valence-electron chi connectivity index (χ3n) is 2.46. The van der Waals surface area contributed by atoms with Crippen LogP contribution >= 0.6 is 11.8 Å². The van der Waals surface area contributed by atoms with Crippen molar-refractivity contribution >= 4 is 16.9 Å². The second-order valence-electron chi connectivity index (χ2n) is 3.69. The van der Waals surface area contributed by atoms with Crippen LogP contribution in [0.5, 0.6) is 0 Å². The van der Waals surface area contributed by atoms with Gasteiger partial charge in [-0.25, -0.2) is 0 Å². The molecule has 82 valence electrons. The number of hydrogen-bond acceptors (Lipinski definition) is 5. The molecule has 1 saturated heterocycles. The minimum Gasteiger partial charge on any atom is -0.362 e. The van der Waals surface area contributed by atoms with E-state index in [9.17, 15) is 0 Å². The zero-order valence-corrected chi connectivity index (χ0v) is 9.62. The highest BCUT2D eigenvalue weighted by atomic mass is 32.2. The van der Waals surface area contributed by atoms with Gasteiger partial charge in [-0.05, 0) is 12.8 Å². The Balaban J connectivity index is 1.91. The summed E-state index contributed by atoms with van der Waals surface area (Å²) in [6.07, 6.45) is 1.32. The number of rotatable bonds is 2. The maximum absolute atomic E-state index is 4.63. The Morgan fingerprint density at radius 2 is 2.53 bits per heavy atom. The largest absolute Gasteiger partial charge is 0.362 e. The summed E-state index contributed by atoms with van der Waals surface area (Å²) in [5.74, 6) is 2.41. The van der Waals surface area contributed by atoms with E-state index in [-0.39, 0.29) is 0 Å². The Morgan fingerprint density at radius 1 is 1.67 bits per heavy atom. The second-order valence-corrected chi connectivity index (χ2v) is 4.70. The molecule has 1 aliphatic rings. The van der Waals surface area contributed by atoms with Gasteiger partial charge in [0.05, 0.1) is 0 Å². The molecule has 0 aliphatic carbocycles. The summed E-state index contributed by atoms with van der Waals surface area (Å²) in [5.41, 5.74) is 0. The lowest BCUT2D eigenvalue weighted by Crippen LogP contribution is -2.41. The Hall–Kier alpha value is -1.04. The molecule has 2 heterocycles. The van der Waals surface area contributed by atoms with Crippen LogP contribution in [0.2, 0.25) is 0 Å². The average Bonchev–Trinajstić information content (AvgIpc) is 2.73. The maximum atomic E-state index is 4.63. The number of nitrogens with one attached hydrogen (secondary N) is 1. The van der Waals surface area contributed by atoms with Gasteiger partial charge in [0.25, 0.3) is 0 Å². The molecular weight excluding hydrogens is 212 g/mol. The number of aliphatic imine (C=N–C) groups is 1. The van der Waals surface area contributed by atoms with Crippen molar-refractivity contribution in [3.05, 3.63) is 12.2 Å². The zero-order chi connectivity index (χ0) is 10.7. The van der Waals surface area contributed by atoms with E-state index in [4.69, 9.17) is 0 Å². The van der Waals surface area contributed by atoms with Crippen molar-refractivity contribution in [3.63, 3.8) is 0 Å². The Labute approximate surface area is 92.7 Å². The van der Waals surface area contributed by atoms with Gasteiger partial charge in [-0.15, -0.1) is 0 Å². The third-order valence-corrected chi connectivity index (χ3v) is 3.67. The maximum Gasteiger partial charge on any atom is 0.213 e. The topological polar surface area (TPSA) is 63.3 Å². The number of thioether (sulfide) groups is 1. The molecule has 2 unspecified atom stereocenters. The summed E-state index contributed by atoms with van der Waals surface area (Å²) in [6, 6.07) is 0.482. The van der Waals surface area contributed by atoms with Gasteiger partial charge in [-0.2, -0.15) is 4.98 Å². The summed E-state index contributed by atoms with van der Waals surface area (Å²) in [7, 11) is 0. The zero-order valence-electron chi connectivity index (χ0n) is 8.80. The lowest BCUT2D eigenvalue weighted by molar-refractivity contribution is 0.410. The molecule has 0 aromatic carbocycles. The summed E-state index contributed by atoms with van der Waals surface area (Å²) < 4.78 is 4.63. The van der Waals surface area contributed by atoms with Gasteiger partial charge in [-0.1, -0.05) is 23.8 Å². The molecule has 1 aliphatic heterocycles. The summed E-state index contributed by atoms with van der Waals surface area (Å²) in [4.78, 5) is 8.31. The highest BCUT2D eigenvalue weighted by molar-refractivity contribution is 8.13. The molecule has 0 bridgehead atoms. The van der Waals surface area contributed by atoms with Crippen LogP contribution in [-0.4, -0.2) is 27.1 Å². The fourth-order valence-electron chi connectivity index (χ4n) is 1.23. The third kappa shape index (κ3) is 2.71. The predicted molar refractivity (Wildman–Crippen MR) is 59.7 cm³/mol. The van der Waals surface area contributed by atoms with Crippen LogP contribution in [0.25, 0.3) is 0 Å². The van der Waals surface area contributed by atoms with Crippen LogP contribution in [0.4, 0.5) is 0 Å². The number of hydrogen-bond donors (Lipinski definition) is 1. The van der Waals surface area contributed by atoms with E-state index in [0.717, 1.165) is 10.9 Å². The minimum atomic E-state index is 0.479. The summed E-state index contributed by atoms with van der Waals surface area (Å²) in [6.45, 7) is 4.89. The molecule has 1 aromatic heterocycles. The van der Waals surface area contributed by atoms with E-state index < -0.39 is 0 Å². The van der Waals surface area contributed by atoms with Crippen LogP contribution in [0.1, 0.15) is 19.7 Å². The van der Waals surface area contributed by atoms with Crippen molar-refractivity contribution in [1.82, 2.24) is 15.5 Å². The van der Waals surface area contributed by atoms with Crippen molar-refractivity contribution in [2.45, 2.75) is 26.4 Å². The Kier molecular flexibility index (Phi) is 3.25. The van der Waals surface area contributed by atoms with Crippen molar-refractivity contribution in [1.29, 1.82) is 0 Å². The lowest BCUT2D eigenvalue weighted by atomic mass is 10.1. The van der Waals surface area contributed by atoms with Crippen LogP contribution < -0.4 is 5.32 Å². The van der Waals surface area contributed by atoms with Gasteiger partial charge in [0.2, 0.25) is 6.39 Å². The van der Waals surface area contributed by atoms with Crippen LogP contribution in [0.3, 0.4) is 0 Å². The number of amidine groups is 1. The molecule has 2 rings (SSSR count). The molecule has 0 amide bonds. The van der Waals surface area contributed by atoms with Gasteiger partial charge in [0.15, 0.2) is 11.0 Å². The highest BCUT2D eigenvalue weighted by Crippen LogP contribution is 2.19. The van der Waals surface area contributed by atoms with Crippen molar-refractivity contribution < 1.29 is 4.52 Å².